The summed E-state index contributed by atoms with van der Waals surface area (Å²) in [5.41, 5.74) is 1.25. The zero-order valence-electron chi connectivity index (χ0n) is 14.9. The van der Waals surface area contributed by atoms with Crippen LogP contribution in [0.1, 0.15) is 26.3 Å². The number of halogens is 2. The molecule has 0 saturated heterocycles. The minimum absolute atomic E-state index is 0.0655. The van der Waals surface area contributed by atoms with Crippen LogP contribution in [0, 0.1) is 11.6 Å². The first-order valence-corrected chi connectivity index (χ1v) is 8.61. The lowest BCUT2D eigenvalue weighted by atomic mass is 10.0. The average molecular weight is 389 g/mol. The summed E-state index contributed by atoms with van der Waals surface area (Å²) in [6, 6.07) is 13.5. The van der Waals surface area contributed by atoms with E-state index in [4.69, 9.17) is 0 Å². The lowest BCUT2D eigenvalue weighted by molar-refractivity contribution is 0.102. The number of ketones is 1. The van der Waals surface area contributed by atoms with Gasteiger partial charge in [0.2, 0.25) is 0 Å². The van der Waals surface area contributed by atoms with Crippen molar-refractivity contribution in [3.05, 3.63) is 102 Å². The van der Waals surface area contributed by atoms with E-state index in [0.29, 0.717) is 16.5 Å². The number of carbonyl (C=O) groups excluding carboxylic acids is 2. The molecule has 1 aromatic heterocycles. The van der Waals surface area contributed by atoms with Crippen molar-refractivity contribution in [2.24, 2.45) is 0 Å². The van der Waals surface area contributed by atoms with Crippen LogP contribution in [0.15, 0.2) is 73.2 Å². The second-order valence-corrected chi connectivity index (χ2v) is 6.32. The van der Waals surface area contributed by atoms with E-state index in [2.05, 4.69) is 15.3 Å². The van der Waals surface area contributed by atoms with Gasteiger partial charge in [0.05, 0.1) is 5.52 Å². The number of hydrogen-bond donors (Lipinski definition) is 1. The largest absolute Gasteiger partial charge is 0.322 e. The fraction of sp³-hybridized carbons (Fsp3) is 0. The minimum Gasteiger partial charge on any atom is -0.322 e. The van der Waals surface area contributed by atoms with E-state index in [1.54, 1.807) is 24.4 Å². The van der Waals surface area contributed by atoms with Crippen molar-refractivity contribution in [3.8, 4) is 0 Å². The van der Waals surface area contributed by atoms with Crippen LogP contribution < -0.4 is 5.32 Å². The van der Waals surface area contributed by atoms with Gasteiger partial charge in [0.25, 0.3) is 5.91 Å². The maximum Gasteiger partial charge on any atom is 0.255 e. The van der Waals surface area contributed by atoms with Gasteiger partial charge in [-0.2, -0.15) is 0 Å². The summed E-state index contributed by atoms with van der Waals surface area (Å²) in [5.74, 6) is -2.28. The summed E-state index contributed by atoms with van der Waals surface area (Å²) in [6.45, 7) is 0. The molecule has 1 amide bonds. The smallest absolute Gasteiger partial charge is 0.255 e. The molecule has 0 fully saturated rings. The molecular formula is C22H13F2N3O2. The van der Waals surface area contributed by atoms with Gasteiger partial charge in [0.1, 0.15) is 18.0 Å². The van der Waals surface area contributed by atoms with Crippen LogP contribution in [0.4, 0.5) is 14.5 Å². The van der Waals surface area contributed by atoms with Crippen LogP contribution >= 0.6 is 0 Å². The molecule has 142 valence electrons. The second kappa shape index (κ2) is 7.55. The molecule has 0 radical (unpaired) electrons. The van der Waals surface area contributed by atoms with Gasteiger partial charge in [0.15, 0.2) is 5.78 Å². The van der Waals surface area contributed by atoms with Gasteiger partial charge in [-0.15, -0.1) is 0 Å². The standard InChI is InChI=1S/C22H13F2N3O2/c23-17-3-1-2-14(7-17)22(29)27-19-9-15(8-18(24)10-19)21(28)13-4-5-20-16(6-13)11-25-12-26-20/h1-12H,(H,27,29). The maximum absolute atomic E-state index is 14.1. The third-order valence-corrected chi connectivity index (χ3v) is 4.27. The molecule has 3 aromatic carbocycles. The second-order valence-electron chi connectivity index (χ2n) is 6.32. The van der Waals surface area contributed by atoms with E-state index < -0.39 is 23.3 Å². The van der Waals surface area contributed by atoms with Crippen molar-refractivity contribution in [1.29, 1.82) is 0 Å². The number of aromatic nitrogens is 2. The summed E-state index contributed by atoms with van der Waals surface area (Å²) in [7, 11) is 0. The van der Waals surface area contributed by atoms with E-state index in [0.717, 1.165) is 18.2 Å². The lowest BCUT2D eigenvalue weighted by Gasteiger charge is -2.09. The normalized spacial score (nSPS) is 10.7. The minimum atomic E-state index is -0.686. The van der Waals surface area contributed by atoms with Gasteiger partial charge >= 0.3 is 0 Å². The van der Waals surface area contributed by atoms with Gasteiger partial charge in [-0.25, -0.2) is 18.7 Å². The van der Waals surface area contributed by atoms with Gasteiger partial charge < -0.3 is 5.32 Å². The average Bonchev–Trinajstić information content (AvgIpc) is 2.72. The van der Waals surface area contributed by atoms with Crippen molar-refractivity contribution in [1.82, 2.24) is 9.97 Å². The Kier molecular flexibility index (Phi) is 4.78. The van der Waals surface area contributed by atoms with E-state index in [-0.39, 0.29) is 16.8 Å². The molecule has 0 aliphatic heterocycles. The van der Waals surface area contributed by atoms with Crippen molar-refractivity contribution >= 4 is 28.3 Å². The highest BCUT2D eigenvalue weighted by molar-refractivity contribution is 6.11. The Balaban J connectivity index is 1.63. The molecule has 0 unspecified atom stereocenters. The number of fused-ring (bicyclic) bond motifs is 1. The third-order valence-electron chi connectivity index (χ3n) is 4.27. The van der Waals surface area contributed by atoms with Crippen molar-refractivity contribution in [3.63, 3.8) is 0 Å². The third kappa shape index (κ3) is 3.98. The predicted octanol–water partition coefficient (Wildman–Crippen LogP) is 4.39. The Morgan fingerprint density at radius 2 is 1.66 bits per heavy atom. The maximum atomic E-state index is 14.1. The summed E-state index contributed by atoms with van der Waals surface area (Å²) < 4.78 is 27.4. The van der Waals surface area contributed by atoms with Crippen LogP contribution in [-0.4, -0.2) is 21.7 Å². The highest BCUT2D eigenvalue weighted by Crippen LogP contribution is 2.20. The number of nitrogens with zero attached hydrogens (tertiary/aromatic N) is 2. The highest BCUT2D eigenvalue weighted by Gasteiger charge is 2.14. The Labute approximate surface area is 164 Å². The molecule has 0 aliphatic carbocycles. The number of rotatable bonds is 4. The number of benzene rings is 3. The molecule has 1 heterocycles. The first-order valence-electron chi connectivity index (χ1n) is 8.61. The number of hydrogen-bond acceptors (Lipinski definition) is 4. The van der Waals surface area contributed by atoms with Gasteiger partial charge in [-0.3, -0.25) is 9.59 Å². The summed E-state index contributed by atoms with van der Waals surface area (Å²) in [5, 5.41) is 3.16. The van der Waals surface area contributed by atoms with Crippen LogP contribution in [0.5, 0.6) is 0 Å². The number of anilines is 1. The van der Waals surface area contributed by atoms with Crippen LogP contribution in [-0.2, 0) is 0 Å². The molecule has 7 heteroatoms. The first kappa shape index (κ1) is 18.4. The Bertz CT molecular complexity index is 1260. The van der Waals surface area contributed by atoms with Crippen LogP contribution in [0.25, 0.3) is 10.9 Å². The van der Waals surface area contributed by atoms with E-state index >= 15 is 0 Å². The van der Waals surface area contributed by atoms with Gasteiger partial charge in [-0.05, 0) is 54.6 Å². The fourth-order valence-corrected chi connectivity index (χ4v) is 2.92. The molecule has 5 nitrogen and oxygen atoms in total. The topological polar surface area (TPSA) is 72.0 Å². The molecule has 0 atom stereocenters. The molecule has 29 heavy (non-hydrogen) atoms. The highest BCUT2D eigenvalue weighted by atomic mass is 19.1. The molecule has 4 rings (SSSR count). The van der Waals surface area contributed by atoms with Crippen LogP contribution in [0.2, 0.25) is 0 Å². The Morgan fingerprint density at radius 3 is 2.48 bits per heavy atom. The van der Waals surface area contributed by atoms with Crippen molar-refractivity contribution in [2.75, 3.05) is 5.32 Å². The van der Waals surface area contributed by atoms with Crippen molar-refractivity contribution in [2.45, 2.75) is 0 Å². The first-order chi connectivity index (χ1) is 14.0. The summed E-state index contributed by atoms with van der Waals surface area (Å²) in [6.07, 6.45) is 2.99. The fourth-order valence-electron chi connectivity index (χ4n) is 2.92. The van der Waals surface area contributed by atoms with E-state index in [9.17, 15) is 18.4 Å². The van der Waals surface area contributed by atoms with E-state index in [1.807, 2.05) is 0 Å². The summed E-state index contributed by atoms with van der Waals surface area (Å²) in [4.78, 5) is 33.1. The summed E-state index contributed by atoms with van der Waals surface area (Å²) >= 11 is 0. The Hall–Kier alpha value is -4.00. The van der Waals surface area contributed by atoms with Gasteiger partial charge in [-0.1, -0.05) is 6.07 Å². The predicted molar refractivity (Wildman–Crippen MR) is 104 cm³/mol. The number of carbonyl (C=O) groups is 2. The van der Waals surface area contributed by atoms with Crippen molar-refractivity contribution < 1.29 is 18.4 Å². The van der Waals surface area contributed by atoms with Gasteiger partial charge in [0, 0.05) is 34.0 Å². The molecule has 0 saturated carbocycles. The number of nitrogens with one attached hydrogen (secondary N) is 1. The SMILES string of the molecule is O=C(Nc1cc(F)cc(C(=O)c2ccc3ncncc3c2)c1)c1cccc(F)c1. The lowest BCUT2D eigenvalue weighted by Crippen LogP contribution is -2.13. The zero-order valence-corrected chi connectivity index (χ0v) is 14.9. The quantitative estimate of drug-likeness (QED) is 0.526. The van der Waals surface area contributed by atoms with Crippen LogP contribution in [0.3, 0.4) is 0 Å². The molecule has 0 spiro atoms. The monoisotopic (exact) mass is 389 g/mol. The molecule has 0 aliphatic rings. The number of amides is 1. The zero-order chi connectivity index (χ0) is 20.4. The Morgan fingerprint density at radius 1 is 0.828 bits per heavy atom. The molecule has 4 aromatic rings. The molecule has 0 bridgehead atoms. The molecule has 1 N–H and O–H groups in total. The molecular weight excluding hydrogens is 376 g/mol. The van der Waals surface area contributed by atoms with E-state index in [1.165, 1.54) is 30.6 Å².